The first-order chi connectivity index (χ1) is 10.6. The summed E-state index contributed by atoms with van der Waals surface area (Å²) < 4.78 is 10.3. The number of carbonyl (C=O) groups excluding carboxylic acids is 1. The smallest absolute Gasteiger partial charge is 0.339 e. The zero-order valence-electron chi connectivity index (χ0n) is 12.3. The summed E-state index contributed by atoms with van der Waals surface area (Å²) >= 11 is 0. The number of aryl methyl sites for hydroxylation is 2. The predicted octanol–water partition coefficient (Wildman–Crippen LogP) is 4.09. The first-order valence-electron chi connectivity index (χ1n) is 7.06. The third kappa shape index (κ3) is 1.61. The fourth-order valence-electron chi connectivity index (χ4n) is 3.07. The molecule has 1 aliphatic heterocycles. The van der Waals surface area contributed by atoms with Gasteiger partial charge in [-0.05, 0) is 42.5 Å². The number of furan rings is 1. The molecule has 0 aliphatic carbocycles. The van der Waals surface area contributed by atoms with Crippen LogP contribution >= 0.6 is 0 Å². The second-order valence-corrected chi connectivity index (χ2v) is 5.65. The second-order valence-electron chi connectivity index (χ2n) is 5.65. The molecule has 0 saturated carbocycles. The summed E-state index contributed by atoms with van der Waals surface area (Å²) in [6.45, 7) is 4.12. The molecule has 2 aromatic carbocycles. The number of phenols is 1. The average molecular weight is 294 g/mol. The number of rotatable bonds is 1. The highest BCUT2D eigenvalue weighted by Crippen LogP contribution is 2.44. The highest BCUT2D eigenvalue weighted by Gasteiger charge is 2.31. The van der Waals surface area contributed by atoms with Gasteiger partial charge in [0.2, 0.25) is 0 Å². The van der Waals surface area contributed by atoms with Gasteiger partial charge in [0.1, 0.15) is 12.4 Å². The van der Waals surface area contributed by atoms with Crippen molar-refractivity contribution < 1.29 is 19.1 Å². The molecule has 0 spiro atoms. The Morgan fingerprint density at radius 3 is 2.50 bits per heavy atom. The zero-order valence-corrected chi connectivity index (χ0v) is 12.3. The minimum atomic E-state index is -0.401. The van der Waals surface area contributed by atoms with Gasteiger partial charge in [0.25, 0.3) is 0 Å². The summed E-state index contributed by atoms with van der Waals surface area (Å²) in [5, 5.41) is 12.1. The number of fused-ring (bicyclic) bond motifs is 2. The zero-order chi connectivity index (χ0) is 15.4. The van der Waals surface area contributed by atoms with E-state index in [1.807, 2.05) is 32.0 Å². The van der Waals surface area contributed by atoms with E-state index >= 15 is 0 Å². The molecule has 110 valence electrons. The van der Waals surface area contributed by atoms with Gasteiger partial charge in [-0.2, -0.15) is 0 Å². The Bertz CT molecular complexity index is 920. The molecule has 0 unspecified atom stereocenters. The van der Waals surface area contributed by atoms with Crippen molar-refractivity contribution in [2.75, 3.05) is 0 Å². The summed E-state index contributed by atoms with van der Waals surface area (Å²) in [5.41, 5.74) is 4.76. The quantitative estimate of drug-likeness (QED) is 0.687. The van der Waals surface area contributed by atoms with Crippen LogP contribution in [0, 0.1) is 13.8 Å². The average Bonchev–Trinajstić information content (AvgIpc) is 3.13. The van der Waals surface area contributed by atoms with Gasteiger partial charge in [-0.15, -0.1) is 0 Å². The number of hydrogen-bond acceptors (Lipinski definition) is 4. The van der Waals surface area contributed by atoms with Gasteiger partial charge in [0.15, 0.2) is 0 Å². The molecule has 1 aliphatic rings. The molecule has 0 atom stereocenters. The highest BCUT2D eigenvalue weighted by molar-refractivity contribution is 6.13. The van der Waals surface area contributed by atoms with Gasteiger partial charge < -0.3 is 14.3 Å². The maximum Gasteiger partial charge on any atom is 0.339 e. The lowest BCUT2D eigenvalue weighted by Crippen LogP contribution is -1.99. The first kappa shape index (κ1) is 13.0. The minimum Gasteiger partial charge on any atom is -0.507 e. The molecule has 4 nitrogen and oxygen atoms in total. The minimum absolute atomic E-state index is 0.105. The van der Waals surface area contributed by atoms with E-state index in [0.717, 1.165) is 33.0 Å². The number of esters is 1. The van der Waals surface area contributed by atoms with Crippen molar-refractivity contribution in [1.29, 1.82) is 0 Å². The topological polar surface area (TPSA) is 59.7 Å². The van der Waals surface area contributed by atoms with E-state index in [-0.39, 0.29) is 12.4 Å². The van der Waals surface area contributed by atoms with Crippen molar-refractivity contribution >= 4 is 16.7 Å². The van der Waals surface area contributed by atoms with E-state index in [1.54, 1.807) is 12.5 Å². The Hall–Kier alpha value is -2.75. The van der Waals surface area contributed by atoms with Crippen LogP contribution in [0.2, 0.25) is 0 Å². The molecular formula is C18H14O4. The van der Waals surface area contributed by atoms with Gasteiger partial charge in [0, 0.05) is 22.1 Å². The SMILES string of the molecule is Cc1cc2c(O)c3c(c(-c4ccoc4)c2cc1C)C(=O)OC3. The molecule has 22 heavy (non-hydrogen) atoms. The molecule has 3 aromatic rings. The van der Waals surface area contributed by atoms with Crippen LogP contribution in [0.5, 0.6) is 5.75 Å². The van der Waals surface area contributed by atoms with Crippen molar-refractivity contribution in [3.8, 4) is 16.9 Å². The Morgan fingerprint density at radius 2 is 1.82 bits per heavy atom. The molecule has 0 saturated heterocycles. The first-order valence-corrected chi connectivity index (χ1v) is 7.06. The number of benzene rings is 2. The molecule has 0 fully saturated rings. The van der Waals surface area contributed by atoms with E-state index in [0.29, 0.717) is 11.1 Å². The van der Waals surface area contributed by atoms with Crippen LogP contribution in [-0.2, 0) is 11.3 Å². The van der Waals surface area contributed by atoms with Crippen molar-refractivity contribution in [1.82, 2.24) is 0 Å². The van der Waals surface area contributed by atoms with Crippen LogP contribution in [0.3, 0.4) is 0 Å². The normalized spacial score (nSPS) is 13.5. The molecule has 1 aromatic heterocycles. The number of ether oxygens (including phenoxy) is 1. The molecule has 4 heteroatoms. The Balaban J connectivity index is 2.24. The number of carbonyl (C=O) groups is 1. The molecule has 1 N–H and O–H groups in total. The highest BCUT2D eigenvalue weighted by atomic mass is 16.5. The lowest BCUT2D eigenvalue weighted by Gasteiger charge is -2.14. The van der Waals surface area contributed by atoms with Crippen molar-refractivity contribution in [3.05, 3.63) is 53.0 Å². The fraction of sp³-hybridized carbons (Fsp3) is 0.167. The van der Waals surface area contributed by atoms with Crippen LogP contribution in [-0.4, -0.2) is 11.1 Å². The Kier molecular flexibility index (Phi) is 2.57. The van der Waals surface area contributed by atoms with E-state index in [4.69, 9.17) is 9.15 Å². The molecule has 2 heterocycles. The molecule has 0 bridgehead atoms. The van der Waals surface area contributed by atoms with Crippen LogP contribution in [0.1, 0.15) is 27.0 Å². The van der Waals surface area contributed by atoms with Gasteiger partial charge in [-0.3, -0.25) is 0 Å². The number of phenolic OH excluding ortho intramolecular Hbond substituents is 1. The fourth-order valence-corrected chi connectivity index (χ4v) is 3.07. The van der Waals surface area contributed by atoms with E-state index < -0.39 is 5.97 Å². The van der Waals surface area contributed by atoms with E-state index in [2.05, 4.69) is 0 Å². The van der Waals surface area contributed by atoms with Gasteiger partial charge in [0.05, 0.1) is 18.1 Å². The third-order valence-electron chi connectivity index (χ3n) is 4.36. The predicted molar refractivity (Wildman–Crippen MR) is 81.9 cm³/mol. The van der Waals surface area contributed by atoms with Crippen molar-refractivity contribution in [2.45, 2.75) is 20.5 Å². The number of hydrogen-bond donors (Lipinski definition) is 1. The second kappa shape index (κ2) is 4.37. The molecule has 0 amide bonds. The van der Waals surface area contributed by atoms with Crippen LogP contribution < -0.4 is 0 Å². The van der Waals surface area contributed by atoms with E-state index in [9.17, 15) is 9.90 Å². The van der Waals surface area contributed by atoms with Crippen molar-refractivity contribution in [2.24, 2.45) is 0 Å². The molecular weight excluding hydrogens is 280 g/mol. The summed E-state index contributed by atoms with van der Waals surface area (Å²) in [7, 11) is 0. The van der Waals surface area contributed by atoms with Crippen LogP contribution in [0.25, 0.3) is 21.9 Å². The summed E-state index contributed by atoms with van der Waals surface area (Å²) in [6.07, 6.45) is 3.18. The van der Waals surface area contributed by atoms with Crippen LogP contribution in [0.4, 0.5) is 0 Å². The maximum atomic E-state index is 12.2. The lowest BCUT2D eigenvalue weighted by atomic mass is 9.89. The summed E-state index contributed by atoms with van der Waals surface area (Å²) in [5.74, 6) is -0.271. The van der Waals surface area contributed by atoms with Crippen LogP contribution in [0.15, 0.2) is 35.1 Å². The van der Waals surface area contributed by atoms with Gasteiger partial charge >= 0.3 is 5.97 Å². The number of cyclic esters (lactones) is 1. The standard InChI is InChI=1S/C18H14O4/c1-9-5-12-13(6-10(9)2)17(19)14-8-22-18(20)16(14)15(12)11-3-4-21-7-11/h3-7,19H,8H2,1-2H3. The number of aromatic hydroxyl groups is 1. The maximum absolute atomic E-state index is 12.2. The van der Waals surface area contributed by atoms with E-state index in [1.165, 1.54) is 0 Å². The largest absolute Gasteiger partial charge is 0.507 e. The van der Waals surface area contributed by atoms with Gasteiger partial charge in [-0.25, -0.2) is 4.79 Å². The third-order valence-corrected chi connectivity index (χ3v) is 4.36. The van der Waals surface area contributed by atoms with Gasteiger partial charge in [-0.1, -0.05) is 6.07 Å². The monoisotopic (exact) mass is 294 g/mol. The Morgan fingerprint density at radius 1 is 1.09 bits per heavy atom. The van der Waals surface area contributed by atoms with Crippen molar-refractivity contribution in [3.63, 3.8) is 0 Å². The molecule has 4 rings (SSSR count). The lowest BCUT2D eigenvalue weighted by molar-refractivity contribution is 0.0535. The molecule has 0 radical (unpaired) electrons. The summed E-state index contributed by atoms with van der Waals surface area (Å²) in [6, 6.07) is 5.76. The Labute approximate surface area is 126 Å². The summed E-state index contributed by atoms with van der Waals surface area (Å²) in [4.78, 5) is 12.2.